The largest absolute Gasteiger partial charge is 0.419 e. The lowest BCUT2D eigenvalue weighted by molar-refractivity contribution is -0.121. The summed E-state index contributed by atoms with van der Waals surface area (Å²) in [5.41, 5.74) is 0.790. The Morgan fingerprint density at radius 3 is 2.73 bits per heavy atom. The summed E-state index contributed by atoms with van der Waals surface area (Å²) in [5, 5.41) is 13.2. The van der Waals surface area contributed by atoms with E-state index in [2.05, 4.69) is 22.4 Å². The molecule has 0 fully saturated rings. The minimum absolute atomic E-state index is 0.0531. The van der Waals surface area contributed by atoms with Crippen molar-refractivity contribution in [3.8, 4) is 10.8 Å². The smallest absolute Gasteiger partial charge is 0.257 e. The number of carbonyl (C=O) groups is 1. The van der Waals surface area contributed by atoms with Crippen LogP contribution in [-0.4, -0.2) is 33.6 Å². The average Bonchev–Trinajstić information content (AvgIpc) is 3.33. The highest BCUT2D eigenvalue weighted by Gasteiger charge is 2.23. The van der Waals surface area contributed by atoms with Crippen LogP contribution in [0.3, 0.4) is 0 Å². The molecule has 2 aromatic heterocycles. The molecule has 2 heterocycles. The van der Waals surface area contributed by atoms with Gasteiger partial charge in [0.2, 0.25) is 11.8 Å². The maximum absolute atomic E-state index is 12.6. The molecule has 0 aliphatic heterocycles. The molecule has 1 N–H and O–H groups in total. The van der Waals surface area contributed by atoms with Gasteiger partial charge in [-0.15, -0.1) is 21.5 Å². The molecule has 26 heavy (non-hydrogen) atoms. The van der Waals surface area contributed by atoms with Gasteiger partial charge in [-0.05, 0) is 43.5 Å². The SMILES string of the molecule is CCCN(Cc1nnc(-c2cccs2)o1)C(C)C(=O)Nc1ccccc1. The quantitative estimate of drug-likeness (QED) is 0.648. The Labute approximate surface area is 156 Å². The Hall–Kier alpha value is -2.51. The molecule has 3 rings (SSSR count). The molecular formula is C19H22N4O2S. The minimum atomic E-state index is -0.313. The van der Waals surface area contributed by atoms with E-state index in [0.717, 1.165) is 23.5 Å². The molecule has 6 nitrogen and oxygen atoms in total. The van der Waals surface area contributed by atoms with Crippen molar-refractivity contribution in [2.45, 2.75) is 32.9 Å². The highest BCUT2D eigenvalue weighted by atomic mass is 32.1. The first-order valence-corrected chi connectivity index (χ1v) is 9.51. The normalized spacial score (nSPS) is 12.3. The van der Waals surface area contributed by atoms with E-state index in [0.29, 0.717) is 18.3 Å². The van der Waals surface area contributed by atoms with Gasteiger partial charge >= 0.3 is 0 Å². The summed E-state index contributed by atoms with van der Waals surface area (Å²) in [7, 11) is 0. The molecular weight excluding hydrogens is 348 g/mol. The second-order valence-electron chi connectivity index (χ2n) is 5.98. The molecule has 1 atom stereocenters. The Kier molecular flexibility index (Phi) is 6.14. The van der Waals surface area contributed by atoms with Crippen molar-refractivity contribution >= 4 is 22.9 Å². The van der Waals surface area contributed by atoms with Crippen molar-refractivity contribution in [3.63, 3.8) is 0 Å². The van der Waals surface area contributed by atoms with Gasteiger partial charge in [-0.2, -0.15) is 0 Å². The van der Waals surface area contributed by atoms with Crippen LogP contribution in [0.4, 0.5) is 5.69 Å². The van der Waals surface area contributed by atoms with E-state index < -0.39 is 0 Å². The van der Waals surface area contributed by atoms with Gasteiger partial charge in [-0.25, -0.2) is 0 Å². The van der Waals surface area contributed by atoms with E-state index in [1.54, 1.807) is 11.3 Å². The Morgan fingerprint density at radius 1 is 1.23 bits per heavy atom. The summed E-state index contributed by atoms with van der Waals surface area (Å²) in [4.78, 5) is 15.6. The van der Waals surface area contributed by atoms with Crippen LogP contribution in [0.2, 0.25) is 0 Å². The fraction of sp³-hybridized carbons (Fsp3) is 0.316. The van der Waals surface area contributed by atoms with E-state index in [1.165, 1.54) is 0 Å². The number of nitrogens with one attached hydrogen (secondary N) is 1. The standard InChI is InChI=1S/C19H22N4O2S/c1-3-11-23(14(2)18(24)20-15-8-5-4-6-9-15)13-17-21-22-19(25-17)16-10-7-12-26-16/h4-10,12,14H,3,11,13H2,1-2H3,(H,20,24). The van der Waals surface area contributed by atoms with Crippen LogP contribution in [0.15, 0.2) is 52.3 Å². The predicted molar refractivity (Wildman–Crippen MR) is 103 cm³/mol. The van der Waals surface area contributed by atoms with Crippen molar-refractivity contribution in [1.29, 1.82) is 0 Å². The zero-order valence-electron chi connectivity index (χ0n) is 14.9. The number of para-hydroxylation sites is 1. The number of carbonyl (C=O) groups excluding carboxylic acids is 1. The monoisotopic (exact) mass is 370 g/mol. The molecule has 136 valence electrons. The summed E-state index contributed by atoms with van der Waals surface area (Å²) in [5.74, 6) is 0.983. The third kappa shape index (κ3) is 4.56. The van der Waals surface area contributed by atoms with E-state index >= 15 is 0 Å². The summed E-state index contributed by atoms with van der Waals surface area (Å²) in [6.45, 7) is 5.18. The summed E-state index contributed by atoms with van der Waals surface area (Å²) >= 11 is 1.56. The van der Waals surface area contributed by atoms with Gasteiger partial charge in [0.15, 0.2) is 0 Å². The van der Waals surface area contributed by atoms with Crippen molar-refractivity contribution < 1.29 is 9.21 Å². The van der Waals surface area contributed by atoms with E-state index in [-0.39, 0.29) is 11.9 Å². The van der Waals surface area contributed by atoms with E-state index in [9.17, 15) is 4.79 Å². The number of hydrogen-bond donors (Lipinski definition) is 1. The van der Waals surface area contributed by atoms with Crippen molar-refractivity contribution in [1.82, 2.24) is 15.1 Å². The number of thiophene rings is 1. The maximum Gasteiger partial charge on any atom is 0.257 e. The Morgan fingerprint density at radius 2 is 2.04 bits per heavy atom. The lowest BCUT2D eigenvalue weighted by atomic mass is 10.2. The second kappa shape index (κ2) is 8.73. The highest BCUT2D eigenvalue weighted by molar-refractivity contribution is 7.13. The molecule has 1 amide bonds. The number of anilines is 1. The highest BCUT2D eigenvalue weighted by Crippen LogP contribution is 2.23. The van der Waals surface area contributed by atoms with Crippen LogP contribution >= 0.6 is 11.3 Å². The topological polar surface area (TPSA) is 71.3 Å². The summed E-state index contributed by atoms with van der Waals surface area (Å²) < 4.78 is 5.77. The second-order valence-corrected chi connectivity index (χ2v) is 6.93. The molecule has 1 unspecified atom stereocenters. The van der Waals surface area contributed by atoms with Crippen molar-refractivity contribution in [3.05, 3.63) is 53.7 Å². The van der Waals surface area contributed by atoms with Gasteiger partial charge in [0.05, 0.1) is 17.5 Å². The molecule has 3 aromatic rings. The maximum atomic E-state index is 12.6. The van der Waals surface area contributed by atoms with Crippen LogP contribution in [0, 0.1) is 0 Å². The van der Waals surface area contributed by atoms with E-state index in [4.69, 9.17) is 4.42 Å². The molecule has 1 aromatic carbocycles. The first kappa shape index (κ1) is 18.3. The van der Waals surface area contributed by atoms with Crippen LogP contribution in [0.1, 0.15) is 26.2 Å². The van der Waals surface area contributed by atoms with Crippen LogP contribution in [0.5, 0.6) is 0 Å². The lowest BCUT2D eigenvalue weighted by Gasteiger charge is -2.26. The molecule has 7 heteroatoms. The Balaban J connectivity index is 1.67. The fourth-order valence-electron chi connectivity index (χ4n) is 2.62. The summed E-state index contributed by atoms with van der Waals surface area (Å²) in [6, 6.07) is 13.0. The summed E-state index contributed by atoms with van der Waals surface area (Å²) in [6.07, 6.45) is 0.925. The van der Waals surface area contributed by atoms with Gasteiger partial charge in [-0.1, -0.05) is 31.2 Å². The number of benzene rings is 1. The first-order valence-electron chi connectivity index (χ1n) is 8.63. The Bertz CT molecular complexity index is 817. The third-order valence-corrected chi connectivity index (χ3v) is 4.87. The predicted octanol–water partition coefficient (Wildman–Crippen LogP) is 4.04. The molecule has 0 aliphatic carbocycles. The van der Waals surface area contributed by atoms with Crippen molar-refractivity contribution in [2.24, 2.45) is 0 Å². The lowest BCUT2D eigenvalue weighted by Crippen LogP contribution is -2.42. The van der Waals surface area contributed by atoms with Gasteiger partial charge in [0, 0.05) is 5.69 Å². The van der Waals surface area contributed by atoms with Gasteiger partial charge in [-0.3, -0.25) is 9.69 Å². The van der Waals surface area contributed by atoms with Crippen molar-refractivity contribution in [2.75, 3.05) is 11.9 Å². The average molecular weight is 370 g/mol. The number of amides is 1. The first-order chi connectivity index (χ1) is 12.7. The van der Waals surface area contributed by atoms with Gasteiger partial charge in [0.1, 0.15) is 0 Å². The van der Waals surface area contributed by atoms with Crippen LogP contribution in [0.25, 0.3) is 10.8 Å². The van der Waals surface area contributed by atoms with E-state index in [1.807, 2.05) is 59.7 Å². The molecule has 0 radical (unpaired) electrons. The van der Waals surface area contributed by atoms with Gasteiger partial charge in [0.25, 0.3) is 5.89 Å². The molecule has 0 saturated heterocycles. The fourth-order valence-corrected chi connectivity index (χ4v) is 3.27. The number of nitrogens with zero attached hydrogens (tertiary/aromatic N) is 3. The minimum Gasteiger partial charge on any atom is -0.419 e. The number of aromatic nitrogens is 2. The zero-order chi connectivity index (χ0) is 18.4. The van der Waals surface area contributed by atoms with Crippen LogP contribution in [-0.2, 0) is 11.3 Å². The number of hydrogen-bond acceptors (Lipinski definition) is 6. The molecule has 0 aliphatic rings. The van der Waals surface area contributed by atoms with Gasteiger partial charge < -0.3 is 9.73 Å². The zero-order valence-corrected chi connectivity index (χ0v) is 15.7. The van der Waals surface area contributed by atoms with Crippen LogP contribution < -0.4 is 5.32 Å². The molecule has 0 saturated carbocycles. The number of rotatable bonds is 8. The third-order valence-electron chi connectivity index (χ3n) is 4.02. The molecule has 0 spiro atoms. The molecule has 0 bridgehead atoms.